The Balaban J connectivity index is 2.12. The molecular weight excluding hydrogens is 245 g/mol. The van der Waals surface area contributed by atoms with E-state index in [4.69, 9.17) is 5.73 Å². The Morgan fingerprint density at radius 1 is 1.43 bits per heavy atom. The Morgan fingerprint density at radius 3 is 2.79 bits per heavy atom. The van der Waals surface area contributed by atoms with E-state index in [0.717, 1.165) is 18.4 Å². The Kier molecular flexibility index (Phi) is 2.88. The molecule has 0 spiro atoms. The van der Waals surface area contributed by atoms with Crippen LogP contribution in [0.2, 0.25) is 0 Å². The second-order valence-corrected chi connectivity index (χ2v) is 4.71. The maximum absolute atomic E-state index is 13.2. The van der Waals surface area contributed by atoms with Crippen molar-refractivity contribution in [1.29, 1.82) is 0 Å². The zero-order valence-electron chi connectivity index (χ0n) is 7.84. The van der Waals surface area contributed by atoms with Gasteiger partial charge in [-0.15, -0.1) is 0 Å². The number of halogens is 2. The highest BCUT2D eigenvalue weighted by molar-refractivity contribution is 9.10. The third-order valence-corrected chi connectivity index (χ3v) is 3.88. The lowest BCUT2D eigenvalue weighted by Gasteiger charge is -2.33. The number of hydrogen-bond donors (Lipinski definition) is 1. The smallest absolute Gasteiger partial charge is 0.137 e. The molecule has 1 nitrogen and oxygen atoms in total. The van der Waals surface area contributed by atoms with Crippen LogP contribution in [0, 0.1) is 11.7 Å². The van der Waals surface area contributed by atoms with Crippen molar-refractivity contribution in [3.8, 4) is 0 Å². The van der Waals surface area contributed by atoms with E-state index in [1.807, 2.05) is 6.07 Å². The molecule has 1 fully saturated rings. The highest BCUT2D eigenvalue weighted by Crippen LogP contribution is 2.31. The predicted molar refractivity (Wildman–Crippen MR) is 58.5 cm³/mol. The summed E-state index contributed by atoms with van der Waals surface area (Å²) in [6.45, 7) is 0. The molecule has 0 amide bonds. The average molecular weight is 258 g/mol. The molecule has 3 heteroatoms. The van der Waals surface area contributed by atoms with Crippen molar-refractivity contribution in [2.24, 2.45) is 11.7 Å². The maximum Gasteiger partial charge on any atom is 0.137 e. The van der Waals surface area contributed by atoms with E-state index >= 15 is 0 Å². The van der Waals surface area contributed by atoms with Crippen LogP contribution >= 0.6 is 15.9 Å². The SMILES string of the molecule is NC1CCC1Cc1cccc(F)c1Br. The van der Waals surface area contributed by atoms with Gasteiger partial charge in [0.1, 0.15) is 5.82 Å². The fraction of sp³-hybridized carbons (Fsp3) is 0.455. The Hall–Kier alpha value is -0.410. The van der Waals surface area contributed by atoms with Gasteiger partial charge in [-0.25, -0.2) is 4.39 Å². The number of hydrogen-bond acceptors (Lipinski definition) is 1. The van der Waals surface area contributed by atoms with E-state index < -0.39 is 0 Å². The van der Waals surface area contributed by atoms with E-state index in [2.05, 4.69) is 15.9 Å². The summed E-state index contributed by atoms with van der Waals surface area (Å²) in [6.07, 6.45) is 3.17. The molecule has 2 rings (SSSR count). The van der Waals surface area contributed by atoms with Crippen molar-refractivity contribution >= 4 is 15.9 Å². The second-order valence-electron chi connectivity index (χ2n) is 3.92. The first-order valence-corrected chi connectivity index (χ1v) is 5.66. The fourth-order valence-corrected chi connectivity index (χ4v) is 2.26. The third-order valence-electron chi connectivity index (χ3n) is 2.99. The van der Waals surface area contributed by atoms with Crippen LogP contribution in [-0.4, -0.2) is 6.04 Å². The van der Waals surface area contributed by atoms with Crippen LogP contribution in [0.4, 0.5) is 4.39 Å². The first-order valence-electron chi connectivity index (χ1n) is 4.87. The van der Waals surface area contributed by atoms with Crippen LogP contribution < -0.4 is 5.73 Å². The third kappa shape index (κ3) is 1.84. The summed E-state index contributed by atoms with van der Waals surface area (Å²) in [5, 5.41) is 0. The maximum atomic E-state index is 13.2. The van der Waals surface area contributed by atoms with E-state index in [1.165, 1.54) is 12.5 Å². The summed E-state index contributed by atoms with van der Waals surface area (Å²) in [4.78, 5) is 0. The monoisotopic (exact) mass is 257 g/mol. The largest absolute Gasteiger partial charge is 0.327 e. The second kappa shape index (κ2) is 3.99. The van der Waals surface area contributed by atoms with E-state index in [-0.39, 0.29) is 5.82 Å². The molecule has 0 saturated heterocycles. The first-order chi connectivity index (χ1) is 6.68. The van der Waals surface area contributed by atoms with Crippen molar-refractivity contribution in [3.63, 3.8) is 0 Å². The van der Waals surface area contributed by atoms with E-state index in [9.17, 15) is 4.39 Å². The molecule has 0 aromatic heterocycles. The lowest BCUT2D eigenvalue weighted by atomic mass is 9.76. The van der Waals surface area contributed by atoms with Crippen molar-refractivity contribution < 1.29 is 4.39 Å². The van der Waals surface area contributed by atoms with Crippen molar-refractivity contribution in [1.82, 2.24) is 0 Å². The Bertz CT molecular complexity index is 340. The molecule has 0 bridgehead atoms. The molecule has 1 saturated carbocycles. The molecular formula is C11H13BrFN. The minimum absolute atomic E-state index is 0.185. The van der Waals surface area contributed by atoms with Crippen molar-refractivity contribution in [3.05, 3.63) is 34.1 Å². The molecule has 0 radical (unpaired) electrons. The molecule has 0 aliphatic heterocycles. The normalized spacial score (nSPS) is 25.9. The topological polar surface area (TPSA) is 26.0 Å². The zero-order valence-corrected chi connectivity index (χ0v) is 9.43. The van der Waals surface area contributed by atoms with E-state index in [1.54, 1.807) is 6.07 Å². The van der Waals surface area contributed by atoms with Gasteiger partial charge in [0.15, 0.2) is 0 Å². The zero-order chi connectivity index (χ0) is 10.1. The molecule has 2 atom stereocenters. The van der Waals surface area contributed by atoms with Gasteiger partial charge >= 0.3 is 0 Å². The fourth-order valence-electron chi connectivity index (χ4n) is 1.84. The molecule has 2 unspecified atom stereocenters. The number of benzene rings is 1. The Morgan fingerprint density at radius 2 is 2.21 bits per heavy atom. The first kappa shape index (κ1) is 10.1. The van der Waals surface area contributed by atoms with Gasteiger partial charge in [-0.1, -0.05) is 12.1 Å². The summed E-state index contributed by atoms with van der Waals surface area (Å²) in [7, 11) is 0. The standard InChI is InChI=1S/C11H13BrFN/c12-11-8(2-1-3-9(11)13)6-7-4-5-10(7)14/h1-3,7,10H,4-6,14H2. The highest BCUT2D eigenvalue weighted by atomic mass is 79.9. The van der Waals surface area contributed by atoms with Crippen LogP contribution in [0.25, 0.3) is 0 Å². The minimum atomic E-state index is -0.185. The lowest BCUT2D eigenvalue weighted by molar-refractivity contribution is 0.255. The average Bonchev–Trinajstić information content (AvgIpc) is 2.18. The van der Waals surface area contributed by atoms with Crippen LogP contribution in [0.3, 0.4) is 0 Å². The van der Waals surface area contributed by atoms with Crippen LogP contribution in [0.15, 0.2) is 22.7 Å². The quantitative estimate of drug-likeness (QED) is 0.867. The number of rotatable bonds is 2. The summed E-state index contributed by atoms with van der Waals surface area (Å²) >= 11 is 3.27. The molecule has 14 heavy (non-hydrogen) atoms. The van der Waals surface area contributed by atoms with Crippen molar-refractivity contribution in [2.45, 2.75) is 25.3 Å². The van der Waals surface area contributed by atoms with E-state index in [0.29, 0.717) is 16.4 Å². The summed E-state index contributed by atoms with van der Waals surface area (Å²) in [6, 6.07) is 5.48. The molecule has 1 aliphatic carbocycles. The predicted octanol–water partition coefficient (Wildman–Crippen LogP) is 2.87. The summed E-state index contributed by atoms with van der Waals surface area (Å²) in [5.74, 6) is 0.350. The molecule has 1 aliphatic rings. The molecule has 2 N–H and O–H groups in total. The Labute approximate surface area is 91.6 Å². The minimum Gasteiger partial charge on any atom is -0.327 e. The van der Waals surface area contributed by atoms with Gasteiger partial charge in [0, 0.05) is 6.04 Å². The van der Waals surface area contributed by atoms with Gasteiger partial charge in [-0.3, -0.25) is 0 Å². The highest BCUT2D eigenvalue weighted by Gasteiger charge is 2.27. The van der Waals surface area contributed by atoms with Gasteiger partial charge in [0.05, 0.1) is 4.47 Å². The molecule has 1 aromatic carbocycles. The van der Waals surface area contributed by atoms with Gasteiger partial charge in [0.25, 0.3) is 0 Å². The number of nitrogens with two attached hydrogens (primary N) is 1. The molecule has 1 aromatic rings. The van der Waals surface area contributed by atoms with Crippen LogP contribution in [-0.2, 0) is 6.42 Å². The van der Waals surface area contributed by atoms with Gasteiger partial charge in [-0.05, 0) is 52.7 Å². The van der Waals surface area contributed by atoms with Gasteiger partial charge in [-0.2, -0.15) is 0 Å². The molecule has 0 heterocycles. The molecule has 76 valence electrons. The van der Waals surface area contributed by atoms with Crippen LogP contribution in [0.5, 0.6) is 0 Å². The van der Waals surface area contributed by atoms with Gasteiger partial charge < -0.3 is 5.73 Å². The lowest BCUT2D eigenvalue weighted by Crippen LogP contribution is -2.40. The van der Waals surface area contributed by atoms with Crippen LogP contribution in [0.1, 0.15) is 18.4 Å². The van der Waals surface area contributed by atoms with Gasteiger partial charge in [0.2, 0.25) is 0 Å². The summed E-state index contributed by atoms with van der Waals surface area (Å²) < 4.78 is 13.8. The van der Waals surface area contributed by atoms with Crippen molar-refractivity contribution in [2.75, 3.05) is 0 Å². The summed E-state index contributed by atoms with van der Waals surface area (Å²) in [5.41, 5.74) is 6.88.